The minimum atomic E-state index is 0.595. The lowest BCUT2D eigenvalue weighted by molar-refractivity contribution is 0.300. The maximum Gasteiger partial charge on any atom is 0.119 e. The lowest BCUT2D eigenvalue weighted by Crippen LogP contribution is -2.07. The van der Waals surface area contributed by atoms with Gasteiger partial charge in [0.25, 0.3) is 0 Å². The predicted octanol–water partition coefficient (Wildman–Crippen LogP) is 5.03. The minimum absolute atomic E-state index is 0.595. The smallest absolute Gasteiger partial charge is 0.119 e. The number of halogens is 2. The molecule has 0 N–H and O–H groups in total. The van der Waals surface area contributed by atoms with Crippen molar-refractivity contribution in [1.29, 1.82) is 0 Å². The van der Waals surface area contributed by atoms with Crippen molar-refractivity contribution in [3.05, 3.63) is 64.8 Å². The van der Waals surface area contributed by atoms with Crippen LogP contribution in [0.25, 0.3) is 10.9 Å². The Hall–Kier alpha value is -1.64. The largest absolute Gasteiger partial charge is 0.492 e. The van der Waals surface area contributed by atoms with Crippen LogP contribution in [0.4, 0.5) is 0 Å². The Morgan fingerprint density at radius 2 is 1.80 bits per heavy atom. The quantitative estimate of drug-likeness (QED) is 0.659. The first-order valence-electron chi connectivity index (χ1n) is 6.36. The average Bonchev–Trinajstić information content (AvgIpc) is 2.83. The van der Waals surface area contributed by atoms with Crippen LogP contribution in [0, 0.1) is 0 Å². The molecule has 0 bridgehead atoms. The van der Waals surface area contributed by atoms with Crippen molar-refractivity contribution in [3.63, 3.8) is 0 Å². The van der Waals surface area contributed by atoms with Gasteiger partial charge in [-0.1, -0.05) is 41.4 Å². The maximum absolute atomic E-state index is 6.18. The van der Waals surface area contributed by atoms with Crippen LogP contribution >= 0.6 is 23.2 Å². The molecule has 1 heterocycles. The molecule has 2 nitrogen and oxygen atoms in total. The molecule has 0 spiro atoms. The standard InChI is InChI=1S/C16H13Cl2NO/c17-12-10-15(18)14-6-7-19(16(14)11-12)8-9-20-13-4-2-1-3-5-13/h1-7,10-11H,8-9H2. The number of hydrogen-bond acceptors (Lipinski definition) is 1. The van der Waals surface area contributed by atoms with Crippen molar-refractivity contribution >= 4 is 34.1 Å². The second-order valence-corrected chi connectivity index (χ2v) is 5.33. The van der Waals surface area contributed by atoms with Gasteiger partial charge in [0.05, 0.1) is 17.1 Å². The van der Waals surface area contributed by atoms with Crippen LogP contribution in [0.3, 0.4) is 0 Å². The zero-order chi connectivity index (χ0) is 13.9. The fourth-order valence-corrected chi connectivity index (χ4v) is 2.74. The van der Waals surface area contributed by atoms with E-state index in [0.717, 1.165) is 23.2 Å². The van der Waals surface area contributed by atoms with Crippen LogP contribution in [0.15, 0.2) is 54.7 Å². The summed E-state index contributed by atoms with van der Waals surface area (Å²) >= 11 is 12.2. The molecule has 0 amide bonds. The summed E-state index contributed by atoms with van der Waals surface area (Å²) in [7, 11) is 0. The summed E-state index contributed by atoms with van der Waals surface area (Å²) in [5.74, 6) is 0.875. The van der Waals surface area contributed by atoms with Gasteiger partial charge in [-0.3, -0.25) is 0 Å². The van der Waals surface area contributed by atoms with E-state index in [1.165, 1.54) is 0 Å². The number of benzene rings is 2. The Morgan fingerprint density at radius 3 is 2.60 bits per heavy atom. The van der Waals surface area contributed by atoms with Gasteiger partial charge >= 0.3 is 0 Å². The number of fused-ring (bicyclic) bond motifs is 1. The second-order valence-electron chi connectivity index (χ2n) is 4.49. The summed E-state index contributed by atoms with van der Waals surface area (Å²) in [6, 6.07) is 15.5. The molecule has 0 fully saturated rings. The first-order valence-corrected chi connectivity index (χ1v) is 7.11. The van der Waals surface area contributed by atoms with Gasteiger partial charge in [0.15, 0.2) is 0 Å². The number of nitrogens with zero attached hydrogens (tertiary/aromatic N) is 1. The van der Waals surface area contributed by atoms with E-state index in [9.17, 15) is 0 Å². The predicted molar refractivity (Wildman–Crippen MR) is 83.9 cm³/mol. The molecule has 3 aromatic rings. The molecule has 0 radical (unpaired) electrons. The maximum atomic E-state index is 6.18. The van der Waals surface area contributed by atoms with Crippen molar-refractivity contribution in [3.8, 4) is 5.75 Å². The van der Waals surface area contributed by atoms with Crippen molar-refractivity contribution in [2.45, 2.75) is 6.54 Å². The van der Waals surface area contributed by atoms with Crippen molar-refractivity contribution in [2.24, 2.45) is 0 Å². The summed E-state index contributed by atoms with van der Waals surface area (Å²) in [6.45, 7) is 1.34. The molecule has 0 saturated carbocycles. The van der Waals surface area contributed by atoms with Gasteiger partial charge in [0.1, 0.15) is 12.4 Å². The van der Waals surface area contributed by atoms with E-state index in [4.69, 9.17) is 27.9 Å². The molecule has 0 atom stereocenters. The van der Waals surface area contributed by atoms with Crippen molar-refractivity contribution in [2.75, 3.05) is 6.61 Å². The van der Waals surface area contributed by atoms with E-state index >= 15 is 0 Å². The molecule has 0 aliphatic rings. The summed E-state index contributed by atoms with van der Waals surface area (Å²) in [4.78, 5) is 0. The van der Waals surface area contributed by atoms with Crippen molar-refractivity contribution in [1.82, 2.24) is 4.57 Å². The van der Waals surface area contributed by atoms with Crippen LogP contribution in [-0.4, -0.2) is 11.2 Å². The van der Waals surface area contributed by atoms with Gasteiger partial charge in [-0.15, -0.1) is 0 Å². The molecular weight excluding hydrogens is 293 g/mol. The molecule has 0 aliphatic heterocycles. The zero-order valence-corrected chi connectivity index (χ0v) is 12.2. The van der Waals surface area contributed by atoms with E-state index in [0.29, 0.717) is 16.7 Å². The lowest BCUT2D eigenvalue weighted by atomic mass is 10.2. The number of hydrogen-bond donors (Lipinski definition) is 0. The first kappa shape index (κ1) is 13.3. The third-order valence-electron chi connectivity index (χ3n) is 3.15. The molecule has 0 unspecified atom stereocenters. The number of aromatic nitrogens is 1. The molecule has 3 rings (SSSR count). The Balaban J connectivity index is 1.75. The lowest BCUT2D eigenvalue weighted by Gasteiger charge is -2.08. The van der Waals surface area contributed by atoms with Gasteiger partial charge in [-0.25, -0.2) is 0 Å². The molecule has 1 aromatic heterocycles. The van der Waals surface area contributed by atoms with Crippen LogP contribution in [0.2, 0.25) is 10.0 Å². The Bertz CT molecular complexity index is 722. The number of para-hydroxylation sites is 1. The Kier molecular flexibility index (Phi) is 3.86. The van der Waals surface area contributed by atoms with Gasteiger partial charge in [0, 0.05) is 16.6 Å². The summed E-state index contributed by atoms with van der Waals surface area (Å²) in [6.07, 6.45) is 2.00. The highest BCUT2D eigenvalue weighted by Gasteiger charge is 2.06. The molecule has 2 aromatic carbocycles. The minimum Gasteiger partial charge on any atom is -0.492 e. The van der Waals surface area contributed by atoms with Crippen LogP contribution < -0.4 is 4.74 Å². The highest BCUT2D eigenvalue weighted by Crippen LogP contribution is 2.28. The fraction of sp³-hybridized carbons (Fsp3) is 0.125. The second kappa shape index (κ2) is 5.78. The van der Waals surface area contributed by atoms with Gasteiger partial charge in [0.2, 0.25) is 0 Å². The summed E-state index contributed by atoms with van der Waals surface area (Å²) in [5.41, 5.74) is 1.03. The molecule has 0 aliphatic carbocycles. The summed E-state index contributed by atoms with van der Waals surface area (Å²) < 4.78 is 7.80. The molecule has 4 heteroatoms. The van der Waals surface area contributed by atoms with E-state index in [-0.39, 0.29) is 0 Å². The van der Waals surface area contributed by atoms with Gasteiger partial charge in [-0.2, -0.15) is 0 Å². The van der Waals surface area contributed by atoms with Crippen LogP contribution in [0.5, 0.6) is 5.75 Å². The van der Waals surface area contributed by atoms with Gasteiger partial charge in [-0.05, 0) is 30.3 Å². The van der Waals surface area contributed by atoms with Crippen LogP contribution in [0.1, 0.15) is 0 Å². The SMILES string of the molecule is Clc1cc(Cl)c2ccn(CCOc3ccccc3)c2c1. The Morgan fingerprint density at radius 1 is 1.00 bits per heavy atom. The Labute approximate surface area is 127 Å². The molecule has 20 heavy (non-hydrogen) atoms. The molecule has 102 valence electrons. The molecule has 0 saturated heterocycles. The highest BCUT2D eigenvalue weighted by molar-refractivity contribution is 6.38. The van der Waals surface area contributed by atoms with E-state index in [1.807, 2.05) is 48.7 Å². The topological polar surface area (TPSA) is 14.2 Å². The highest BCUT2D eigenvalue weighted by atomic mass is 35.5. The van der Waals surface area contributed by atoms with Crippen LogP contribution in [-0.2, 0) is 6.54 Å². The fourth-order valence-electron chi connectivity index (χ4n) is 2.19. The number of rotatable bonds is 4. The van der Waals surface area contributed by atoms with E-state index in [2.05, 4.69) is 4.57 Å². The third kappa shape index (κ3) is 2.77. The third-order valence-corrected chi connectivity index (χ3v) is 3.68. The van der Waals surface area contributed by atoms with E-state index in [1.54, 1.807) is 6.07 Å². The molecular formula is C16H13Cl2NO. The first-order chi connectivity index (χ1) is 9.74. The summed E-state index contributed by atoms with van der Waals surface area (Å²) in [5, 5.41) is 2.33. The number of ether oxygens (including phenoxy) is 1. The average molecular weight is 306 g/mol. The zero-order valence-electron chi connectivity index (χ0n) is 10.7. The van der Waals surface area contributed by atoms with Crippen molar-refractivity contribution < 1.29 is 4.74 Å². The van der Waals surface area contributed by atoms with E-state index < -0.39 is 0 Å². The normalized spacial score (nSPS) is 10.9. The van der Waals surface area contributed by atoms with Gasteiger partial charge < -0.3 is 9.30 Å². The monoisotopic (exact) mass is 305 g/mol.